The Morgan fingerprint density at radius 2 is 2.08 bits per heavy atom. The maximum absolute atomic E-state index is 12.5. The first-order chi connectivity index (χ1) is 11.4. The largest absolute Gasteiger partial charge is 0.383 e. The van der Waals surface area contributed by atoms with Crippen LogP contribution in [0.1, 0.15) is 30.2 Å². The first-order valence-electron chi connectivity index (χ1n) is 7.85. The Balaban J connectivity index is 1.67. The Bertz CT molecular complexity index is 755. The van der Waals surface area contributed by atoms with Crippen LogP contribution in [0.2, 0.25) is 0 Å². The highest BCUT2D eigenvalue weighted by Gasteiger charge is 2.34. The van der Waals surface area contributed by atoms with Crippen molar-refractivity contribution in [3.05, 3.63) is 52.2 Å². The van der Waals surface area contributed by atoms with E-state index in [0.29, 0.717) is 6.54 Å². The molecule has 5 nitrogen and oxygen atoms in total. The molecule has 2 unspecified atom stereocenters. The van der Waals surface area contributed by atoms with Gasteiger partial charge in [0.1, 0.15) is 5.60 Å². The van der Waals surface area contributed by atoms with E-state index in [9.17, 15) is 14.7 Å². The number of benzene rings is 1. The second-order valence-electron chi connectivity index (χ2n) is 6.31. The molecule has 1 aromatic heterocycles. The summed E-state index contributed by atoms with van der Waals surface area (Å²) in [5.41, 5.74) is 0.666. The van der Waals surface area contributed by atoms with Crippen LogP contribution >= 0.6 is 11.3 Å². The van der Waals surface area contributed by atoms with E-state index < -0.39 is 17.4 Å². The second kappa shape index (κ2) is 6.37. The molecule has 0 radical (unpaired) electrons. The van der Waals surface area contributed by atoms with Gasteiger partial charge < -0.3 is 15.3 Å². The van der Waals surface area contributed by atoms with Crippen LogP contribution in [0.25, 0.3) is 0 Å². The smallest absolute Gasteiger partial charge is 0.316 e. The number of amides is 2. The van der Waals surface area contributed by atoms with Gasteiger partial charge in [0.15, 0.2) is 0 Å². The summed E-state index contributed by atoms with van der Waals surface area (Å²) in [4.78, 5) is 27.0. The van der Waals surface area contributed by atoms with Crippen molar-refractivity contribution < 1.29 is 14.7 Å². The van der Waals surface area contributed by atoms with Gasteiger partial charge >= 0.3 is 11.8 Å². The third-order valence-corrected chi connectivity index (χ3v) is 5.42. The first-order valence-corrected chi connectivity index (χ1v) is 8.73. The third kappa shape index (κ3) is 3.07. The van der Waals surface area contributed by atoms with Gasteiger partial charge in [-0.25, -0.2) is 0 Å². The average molecular weight is 344 g/mol. The number of aliphatic hydroxyl groups is 1. The standard InChI is InChI=1S/C18H20N2O3S/c1-12-10-20(14-7-4-3-6-13(12)14)17(22)16(21)19-11-18(2,23)15-8-5-9-24-15/h3-9,12,23H,10-11H2,1-2H3,(H,19,21). The predicted octanol–water partition coefficient (Wildman–Crippen LogP) is 2.22. The van der Waals surface area contributed by atoms with Gasteiger partial charge in [0, 0.05) is 23.0 Å². The summed E-state index contributed by atoms with van der Waals surface area (Å²) >= 11 is 1.41. The number of hydrogen-bond acceptors (Lipinski definition) is 4. The minimum absolute atomic E-state index is 0.0108. The summed E-state index contributed by atoms with van der Waals surface area (Å²) in [6, 6.07) is 11.3. The zero-order valence-corrected chi connectivity index (χ0v) is 14.5. The molecule has 0 saturated heterocycles. The molecule has 2 N–H and O–H groups in total. The van der Waals surface area contributed by atoms with Crippen molar-refractivity contribution in [2.24, 2.45) is 0 Å². The highest BCUT2D eigenvalue weighted by Crippen LogP contribution is 2.35. The van der Waals surface area contributed by atoms with Crippen molar-refractivity contribution >= 4 is 28.8 Å². The van der Waals surface area contributed by atoms with Crippen LogP contribution < -0.4 is 10.2 Å². The number of thiophene rings is 1. The topological polar surface area (TPSA) is 69.6 Å². The molecule has 0 spiro atoms. The fourth-order valence-electron chi connectivity index (χ4n) is 2.94. The van der Waals surface area contributed by atoms with E-state index >= 15 is 0 Å². The molecule has 24 heavy (non-hydrogen) atoms. The van der Waals surface area contributed by atoms with Crippen LogP contribution in [0.4, 0.5) is 5.69 Å². The number of nitrogens with zero attached hydrogens (tertiary/aromatic N) is 1. The fraction of sp³-hybridized carbons (Fsp3) is 0.333. The van der Waals surface area contributed by atoms with Gasteiger partial charge in [0.25, 0.3) is 0 Å². The molecule has 0 aliphatic carbocycles. The third-order valence-electron chi connectivity index (χ3n) is 4.30. The predicted molar refractivity (Wildman–Crippen MR) is 94.1 cm³/mol. The molecule has 126 valence electrons. The molecule has 1 aromatic carbocycles. The fourth-order valence-corrected chi connectivity index (χ4v) is 3.72. The van der Waals surface area contributed by atoms with Gasteiger partial charge in [0.05, 0.1) is 6.54 Å². The number of hydrogen-bond donors (Lipinski definition) is 2. The highest BCUT2D eigenvalue weighted by molar-refractivity contribution is 7.10. The summed E-state index contributed by atoms with van der Waals surface area (Å²) in [5.74, 6) is -1.09. The van der Waals surface area contributed by atoms with E-state index in [2.05, 4.69) is 5.32 Å². The van der Waals surface area contributed by atoms with Crippen LogP contribution in [0.5, 0.6) is 0 Å². The highest BCUT2D eigenvalue weighted by atomic mass is 32.1. The van der Waals surface area contributed by atoms with Crippen LogP contribution in [-0.2, 0) is 15.2 Å². The molecule has 0 saturated carbocycles. The molecule has 2 heterocycles. The quantitative estimate of drug-likeness (QED) is 0.839. The molecular formula is C18H20N2O3S. The number of fused-ring (bicyclic) bond motifs is 1. The van der Waals surface area contributed by atoms with E-state index in [4.69, 9.17) is 0 Å². The zero-order valence-electron chi connectivity index (χ0n) is 13.7. The lowest BCUT2D eigenvalue weighted by atomic mass is 10.0. The lowest BCUT2D eigenvalue weighted by molar-refractivity contribution is -0.138. The van der Waals surface area contributed by atoms with Crippen LogP contribution in [0.15, 0.2) is 41.8 Å². The molecule has 2 amide bonds. The van der Waals surface area contributed by atoms with Crippen molar-refractivity contribution in [3.8, 4) is 0 Å². The van der Waals surface area contributed by atoms with Crippen LogP contribution in [0, 0.1) is 0 Å². The molecule has 1 aliphatic rings. The van der Waals surface area contributed by atoms with E-state index in [1.54, 1.807) is 13.0 Å². The number of carbonyl (C=O) groups excluding carboxylic acids is 2. The molecule has 2 aromatic rings. The van der Waals surface area contributed by atoms with Gasteiger partial charge in [-0.2, -0.15) is 0 Å². The van der Waals surface area contributed by atoms with Gasteiger partial charge in [-0.1, -0.05) is 31.2 Å². The molecule has 2 atom stereocenters. The minimum Gasteiger partial charge on any atom is -0.383 e. The Morgan fingerprint density at radius 1 is 1.33 bits per heavy atom. The van der Waals surface area contributed by atoms with Crippen LogP contribution in [0.3, 0.4) is 0 Å². The average Bonchev–Trinajstić information content (AvgIpc) is 3.21. The molecule has 1 aliphatic heterocycles. The SMILES string of the molecule is CC1CN(C(=O)C(=O)NCC(C)(O)c2cccs2)c2ccccc21. The Morgan fingerprint density at radius 3 is 2.79 bits per heavy atom. The van der Waals surface area contributed by atoms with Crippen molar-refractivity contribution in [2.45, 2.75) is 25.4 Å². The van der Waals surface area contributed by atoms with Crippen molar-refractivity contribution in [1.29, 1.82) is 0 Å². The lowest BCUT2D eigenvalue weighted by Gasteiger charge is -2.23. The van der Waals surface area contributed by atoms with Gasteiger partial charge in [-0.05, 0) is 30.0 Å². The second-order valence-corrected chi connectivity index (χ2v) is 7.26. The number of para-hydroxylation sites is 1. The zero-order chi connectivity index (χ0) is 17.3. The number of anilines is 1. The van der Waals surface area contributed by atoms with Crippen LogP contribution in [-0.4, -0.2) is 30.0 Å². The van der Waals surface area contributed by atoms with E-state index in [1.807, 2.05) is 42.6 Å². The van der Waals surface area contributed by atoms with Crippen molar-refractivity contribution in [1.82, 2.24) is 5.32 Å². The Kier molecular flexibility index (Phi) is 4.43. The number of nitrogens with one attached hydrogen (secondary N) is 1. The first kappa shape index (κ1) is 16.7. The monoisotopic (exact) mass is 344 g/mol. The summed E-state index contributed by atoms with van der Waals surface area (Å²) < 4.78 is 0. The summed E-state index contributed by atoms with van der Waals surface area (Å²) in [5, 5.41) is 14.9. The van der Waals surface area contributed by atoms with E-state index in [0.717, 1.165) is 16.1 Å². The van der Waals surface area contributed by atoms with Gasteiger partial charge in [0.2, 0.25) is 0 Å². The number of rotatable bonds is 3. The Hall–Kier alpha value is -2.18. The number of carbonyl (C=O) groups is 2. The summed E-state index contributed by atoms with van der Waals surface area (Å²) in [6.45, 7) is 4.14. The molecule has 3 rings (SSSR count). The van der Waals surface area contributed by atoms with Crippen molar-refractivity contribution in [2.75, 3.05) is 18.0 Å². The van der Waals surface area contributed by atoms with Crippen molar-refractivity contribution in [3.63, 3.8) is 0 Å². The van der Waals surface area contributed by atoms with Gasteiger partial charge in [-0.15, -0.1) is 11.3 Å². The molecule has 0 bridgehead atoms. The Labute approximate surface area is 144 Å². The van der Waals surface area contributed by atoms with E-state index in [-0.39, 0.29) is 12.5 Å². The molecular weight excluding hydrogens is 324 g/mol. The maximum atomic E-state index is 12.5. The normalized spacial score (nSPS) is 18.8. The molecule has 0 fully saturated rings. The van der Waals surface area contributed by atoms with Gasteiger partial charge in [-0.3, -0.25) is 9.59 Å². The summed E-state index contributed by atoms with van der Waals surface area (Å²) in [7, 11) is 0. The lowest BCUT2D eigenvalue weighted by Crippen LogP contribution is -2.46. The summed E-state index contributed by atoms with van der Waals surface area (Å²) in [6.07, 6.45) is 0. The maximum Gasteiger partial charge on any atom is 0.316 e. The molecule has 6 heteroatoms. The van der Waals surface area contributed by atoms with E-state index in [1.165, 1.54) is 16.2 Å². The minimum atomic E-state index is -1.19.